The topological polar surface area (TPSA) is 115 Å². The molecule has 8 heteroatoms. The van der Waals surface area contributed by atoms with Gasteiger partial charge in [-0.3, -0.25) is 9.59 Å². The van der Waals surface area contributed by atoms with Crippen LogP contribution in [0.1, 0.15) is 51.4 Å². The fraction of sp³-hybridized carbons (Fsp3) is 0.778. The van der Waals surface area contributed by atoms with E-state index in [9.17, 15) is 29.4 Å². The van der Waals surface area contributed by atoms with Crippen LogP contribution >= 0.6 is 0 Å². The SMILES string of the molecule is O=C(O)C1CCCN1C(=O)C1CCCC(C(=O)N2CCCC2C(=O)O)C1. The fourth-order valence-corrected chi connectivity index (χ4v) is 4.68. The van der Waals surface area contributed by atoms with Crippen LogP contribution in [0.15, 0.2) is 0 Å². The number of hydrogen-bond acceptors (Lipinski definition) is 4. The number of nitrogens with zero attached hydrogens (tertiary/aromatic N) is 2. The summed E-state index contributed by atoms with van der Waals surface area (Å²) in [7, 11) is 0. The smallest absolute Gasteiger partial charge is 0.326 e. The van der Waals surface area contributed by atoms with Crippen molar-refractivity contribution < 1.29 is 29.4 Å². The van der Waals surface area contributed by atoms with Crippen molar-refractivity contribution in [1.82, 2.24) is 9.80 Å². The first-order valence-corrected chi connectivity index (χ1v) is 9.46. The number of carboxylic acids is 2. The second-order valence-corrected chi connectivity index (χ2v) is 7.62. The summed E-state index contributed by atoms with van der Waals surface area (Å²) in [5.41, 5.74) is 0. The number of rotatable bonds is 4. The lowest BCUT2D eigenvalue weighted by Crippen LogP contribution is -2.47. The van der Waals surface area contributed by atoms with E-state index in [1.807, 2.05) is 0 Å². The first kappa shape index (κ1) is 18.7. The highest BCUT2D eigenvalue weighted by molar-refractivity contribution is 5.88. The largest absolute Gasteiger partial charge is 0.480 e. The Hall–Kier alpha value is -2.12. The second kappa shape index (κ2) is 7.63. The summed E-state index contributed by atoms with van der Waals surface area (Å²) in [6.07, 6.45) is 4.76. The molecule has 0 aromatic carbocycles. The van der Waals surface area contributed by atoms with E-state index in [1.165, 1.54) is 9.80 Å². The Bertz CT molecular complexity index is 556. The molecule has 0 radical (unpaired) electrons. The van der Waals surface area contributed by atoms with Crippen LogP contribution in [0.25, 0.3) is 0 Å². The molecule has 3 aliphatic rings. The van der Waals surface area contributed by atoms with E-state index in [1.54, 1.807) is 0 Å². The van der Waals surface area contributed by atoms with Crippen LogP contribution in [-0.2, 0) is 19.2 Å². The van der Waals surface area contributed by atoms with E-state index in [-0.39, 0.29) is 23.7 Å². The van der Waals surface area contributed by atoms with E-state index in [0.717, 1.165) is 6.42 Å². The van der Waals surface area contributed by atoms with E-state index in [0.29, 0.717) is 58.0 Å². The second-order valence-electron chi connectivity index (χ2n) is 7.62. The Balaban J connectivity index is 1.65. The van der Waals surface area contributed by atoms with Crippen molar-refractivity contribution in [2.75, 3.05) is 13.1 Å². The zero-order valence-corrected chi connectivity index (χ0v) is 14.8. The summed E-state index contributed by atoms with van der Waals surface area (Å²) in [6.45, 7) is 0.913. The highest BCUT2D eigenvalue weighted by Gasteiger charge is 2.42. The van der Waals surface area contributed by atoms with Crippen LogP contribution < -0.4 is 0 Å². The standard InChI is InChI=1S/C18H26N2O6/c21-15(19-8-2-6-13(19)17(23)24)11-4-1-5-12(10-11)16(22)20-9-3-7-14(20)18(25)26/h11-14H,1-10H2,(H,23,24)(H,25,26). The molecule has 1 saturated carbocycles. The minimum atomic E-state index is -0.972. The molecule has 8 nitrogen and oxygen atoms in total. The number of amides is 2. The normalized spacial score (nSPS) is 31.8. The number of carbonyl (C=O) groups is 4. The van der Waals surface area contributed by atoms with Crippen LogP contribution in [0, 0.1) is 11.8 Å². The predicted octanol–water partition coefficient (Wildman–Crippen LogP) is 0.944. The Labute approximate surface area is 152 Å². The zero-order valence-electron chi connectivity index (χ0n) is 14.8. The molecular formula is C18H26N2O6. The molecule has 3 fully saturated rings. The minimum absolute atomic E-state index is 0.163. The van der Waals surface area contributed by atoms with Crippen molar-refractivity contribution in [3.05, 3.63) is 0 Å². The van der Waals surface area contributed by atoms with Crippen molar-refractivity contribution >= 4 is 23.8 Å². The molecule has 3 rings (SSSR count). The van der Waals surface area contributed by atoms with Gasteiger partial charge < -0.3 is 20.0 Å². The highest BCUT2D eigenvalue weighted by Crippen LogP contribution is 2.34. The summed E-state index contributed by atoms with van der Waals surface area (Å²) in [5, 5.41) is 18.6. The monoisotopic (exact) mass is 366 g/mol. The van der Waals surface area contributed by atoms with Gasteiger partial charge in [-0.05, 0) is 44.9 Å². The molecule has 2 aliphatic heterocycles. The Morgan fingerprint density at radius 2 is 1.08 bits per heavy atom. The zero-order chi connectivity index (χ0) is 18.8. The quantitative estimate of drug-likeness (QED) is 0.765. The molecule has 0 aromatic rings. The van der Waals surface area contributed by atoms with Crippen molar-refractivity contribution in [1.29, 1.82) is 0 Å². The summed E-state index contributed by atoms with van der Waals surface area (Å²) >= 11 is 0. The average Bonchev–Trinajstić information content (AvgIpc) is 3.29. The van der Waals surface area contributed by atoms with Gasteiger partial charge in [-0.1, -0.05) is 6.42 Å². The summed E-state index contributed by atoms with van der Waals surface area (Å²) < 4.78 is 0. The molecular weight excluding hydrogens is 340 g/mol. The summed E-state index contributed by atoms with van der Waals surface area (Å²) in [5.74, 6) is -2.96. The van der Waals surface area contributed by atoms with Gasteiger partial charge >= 0.3 is 11.9 Å². The van der Waals surface area contributed by atoms with Crippen molar-refractivity contribution in [3.63, 3.8) is 0 Å². The van der Waals surface area contributed by atoms with Gasteiger partial charge in [0.2, 0.25) is 11.8 Å². The molecule has 144 valence electrons. The lowest BCUT2D eigenvalue weighted by atomic mass is 9.79. The van der Waals surface area contributed by atoms with Crippen molar-refractivity contribution in [2.45, 2.75) is 63.5 Å². The summed E-state index contributed by atoms with van der Waals surface area (Å²) in [6, 6.07) is -1.51. The maximum atomic E-state index is 12.8. The lowest BCUT2D eigenvalue weighted by Gasteiger charge is -2.34. The molecule has 2 amide bonds. The van der Waals surface area contributed by atoms with Gasteiger partial charge in [0.1, 0.15) is 12.1 Å². The number of likely N-dealkylation sites (tertiary alicyclic amines) is 2. The van der Waals surface area contributed by atoms with Gasteiger partial charge in [-0.25, -0.2) is 9.59 Å². The van der Waals surface area contributed by atoms with Crippen LogP contribution in [-0.4, -0.2) is 68.9 Å². The molecule has 1 aliphatic carbocycles. The molecule has 2 N–H and O–H groups in total. The van der Waals surface area contributed by atoms with E-state index in [4.69, 9.17) is 0 Å². The van der Waals surface area contributed by atoms with Crippen molar-refractivity contribution in [2.24, 2.45) is 11.8 Å². The Kier molecular flexibility index (Phi) is 5.48. The number of carboxylic acid groups (broad SMARTS) is 2. The molecule has 26 heavy (non-hydrogen) atoms. The molecule has 0 spiro atoms. The maximum absolute atomic E-state index is 12.8. The molecule has 4 unspecified atom stereocenters. The van der Waals surface area contributed by atoms with E-state index in [2.05, 4.69) is 0 Å². The molecule has 4 atom stereocenters. The van der Waals surface area contributed by atoms with Gasteiger partial charge in [-0.2, -0.15) is 0 Å². The minimum Gasteiger partial charge on any atom is -0.480 e. The summed E-state index contributed by atoms with van der Waals surface area (Å²) in [4.78, 5) is 51.2. The van der Waals surface area contributed by atoms with Gasteiger partial charge in [0.05, 0.1) is 0 Å². The van der Waals surface area contributed by atoms with Gasteiger partial charge in [0.15, 0.2) is 0 Å². The first-order chi connectivity index (χ1) is 12.4. The van der Waals surface area contributed by atoms with Crippen LogP contribution in [0.2, 0.25) is 0 Å². The molecule has 0 aromatic heterocycles. The third-order valence-corrected chi connectivity index (χ3v) is 6.01. The lowest BCUT2D eigenvalue weighted by molar-refractivity contribution is -0.153. The molecule has 2 heterocycles. The molecule has 2 saturated heterocycles. The number of carbonyl (C=O) groups excluding carboxylic acids is 2. The maximum Gasteiger partial charge on any atom is 0.326 e. The Morgan fingerprint density at radius 1 is 0.654 bits per heavy atom. The van der Waals surface area contributed by atoms with Gasteiger partial charge in [0.25, 0.3) is 0 Å². The van der Waals surface area contributed by atoms with E-state index < -0.39 is 24.0 Å². The van der Waals surface area contributed by atoms with Crippen LogP contribution in [0.4, 0.5) is 0 Å². The third kappa shape index (κ3) is 3.54. The number of hydrogen-bond donors (Lipinski definition) is 2. The van der Waals surface area contributed by atoms with Crippen LogP contribution in [0.3, 0.4) is 0 Å². The first-order valence-electron chi connectivity index (χ1n) is 9.46. The predicted molar refractivity (Wildman–Crippen MR) is 90.2 cm³/mol. The Morgan fingerprint density at radius 3 is 1.46 bits per heavy atom. The van der Waals surface area contributed by atoms with Gasteiger partial charge in [0, 0.05) is 24.9 Å². The molecule has 0 bridgehead atoms. The van der Waals surface area contributed by atoms with Crippen LogP contribution in [0.5, 0.6) is 0 Å². The number of aliphatic carboxylic acids is 2. The van der Waals surface area contributed by atoms with Crippen molar-refractivity contribution in [3.8, 4) is 0 Å². The highest BCUT2D eigenvalue weighted by atomic mass is 16.4. The van der Waals surface area contributed by atoms with Gasteiger partial charge in [-0.15, -0.1) is 0 Å². The fourth-order valence-electron chi connectivity index (χ4n) is 4.68. The van der Waals surface area contributed by atoms with E-state index >= 15 is 0 Å². The third-order valence-electron chi connectivity index (χ3n) is 6.01. The average molecular weight is 366 g/mol.